The molecule has 0 radical (unpaired) electrons. The molecule has 2 aromatic heterocycles. The van der Waals surface area contributed by atoms with Crippen LogP contribution < -0.4 is 16.0 Å². The molecule has 0 aliphatic heterocycles. The zero-order valence-corrected chi connectivity index (χ0v) is 14.1. The quantitative estimate of drug-likeness (QED) is 0.638. The van der Waals surface area contributed by atoms with Crippen LogP contribution in [0.5, 0.6) is 5.75 Å². The second-order valence-corrected chi connectivity index (χ2v) is 7.11. The van der Waals surface area contributed by atoms with Crippen molar-refractivity contribution in [2.24, 2.45) is 5.84 Å². The minimum Gasteiger partial charge on any atom is -0.496 e. The monoisotopic (exact) mass is 355 g/mol. The molecule has 4 nitrogen and oxygen atoms in total. The van der Waals surface area contributed by atoms with Gasteiger partial charge in [-0.1, -0.05) is 0 Å². The molecule has 0 bridgehead atoms. The number of hydrazine groups is 1. The third-order valence-corrected chi connectivity index (χ3v) is 5.02. The standard InChI is InChI=1S/C14H18BrN3OS/c1-8-7-17-10(9(2)14(8)19-3)6-11(18-16)12-4-5-13(15)20-12/h4-5,7,11,18H,6,16H2,1-3H3. The summed E-state index contributed by atoms with van der Waals surface area (Å²) in [6.45, 7) is 4.03. The molecular formula is C14H18BrN3OS. The smallest absolute Gasteiger partial charge is 0.128 e. The number of aryl methyl sites for hydroxylation is 1. The number of pyridine rings is 1. The molecule has 0 aromatic carbocycles. The average Bonchev–Trinajstić information content (AvgIpc) is 2.85. The van der Waals surface area contributed by atoms with Gasteiger partial charge in [-0.2, -0.15) is 0 Å². The van der Waals surface area contributed by atoms with Crippen molar-refractivity contribution >= 4 is 27.3 Å². The molecule has 0 aliphatic rings. The zero-order valence-electron chi connectivity index (χ0n) is 11.7. The second kappa shape index (κ2) is 6.67. The number of aromatic nitrogens is 1. The number of thiophene rings is 1. The number of nitrogens with two attached hydrogens (primary N) is 1. The Bertz CT molecular complexity index is 600. The first-order valence-electron chi connectivity index (χ1n) is 6.27. The number of nitrogens with one attached hydrogen (secondary N) is 1. The minimum absolute atomic E-state index is 0.0462. The third-order valence-electron chi connectivity index (χ3n) is 3.29. The first kappa shape index (κ1) is 15.4. The van der Waals surface area contributed by atoms with Crippen molar-refractivity contribution < 1.29 is 4.74 Å². The van der Waals surface area contributed by atoms with E-state index in [1.807, 2.05) is 26.1 Å². The molecule has 1 unspecified atom stereocenters. The van der Waals surface area contributed by atoms with Crippen LogP contribution in [0.3, 0.4) is 0 Å². The number of hydrogen-bond acceptors (Lipinski definition) is 5. The summed E-state index contributed by atoms with van der Waals surface area (Å²) in [7, 11) is 1.69. The Labute approximate surface area is 131 Å². The topological polar surface area (TPSA) is 60.2 Å². The fourth-order valence-corrected chi connectivity index (χ4v) is 3.71. The first-order valence-corrected chi connectivity index (χ1v) is 7.88. The van der Waals surface area contributed by atoms with Gasteiger partial charge in [0.05, 0.1) is 16.9 Å². The molecule has 0 saturated heterocycles. The lowest BCUT2D eigenvalue weighted by molar-refractivity contribution is 0.406. The Morgan fingerprint density at radius 1 is 1.45 bits per heavy atom. The average molecular weight is 356 g/mol. The molecule has 0 fully saturated rings. The van der Waals surface area contributed by atoms with Crippen molar-refractivity contribution in [1.29, 1.82) is 0 Å². The van der Waals surface area contributed by atoms with E-state index in [2.05, 4.69) is 32.4 Å². The fraction of sp³-hybridized carbons (Fsp3) is 0.357. The molecule has 20 heavy (non-hydrogen) atoms. The predicted molar refractivity (Wildman–Crippen MR) is 86.1 cm³/mol. The summed E-state index contributed by atoms with van der Waals surface area (Å²) in [5.41, 5.74) is 5.99. The van der Waals surface area contributed by atoms with Gasteiger partial charge in [0.25, 0.3) is 0 Å². The van der Waals surface area contributed by atoms with Crippen LogP contribution in [0.4, 0.5) is 0 Å². The molecule has 2 heterocycles. The maximum Gasteiger partial charge on any atom is 0.128 e. The number of rotatable bonds is 5. The molecule has 0 amide bonds. The summed E-state index contributed by atoms with van der Waals surface area (Å²) < 4.78 is 6.54. The lowest BCUT2D eigenvalue weighted by atomic mass is 10.0. The summed E-state index contributed by atoms with van der Waals surface area (Å²) in [6, 6.07) is 4.14. The van der Waals surface area contributed by atoms with Crippen molar-refractivity contribution in [3.05, 3.63) is 43.8 Å². The number of nitrogens with zero attached hydrogens (tertiary/aromatic N) is 1. The van der Waals surface area contributed by atoms with Gasteiger partial charge in [0.1, 0.15) is 5.75 Å². The fourth-order valence-electron chi connectivity index (χ4n) is 2.23. The maximum atomic E-state index is 5.69. The van der Waals surface area contributed by atoms with Crippen molar-refractivity contribution in [3.63, 3.8) is 0 Å². The first-order chi connectivity index (χ1) is 9.56. The van der Waals surface area contributed by atoms with Crippen LogP contribution in [0.15, 0.2) is 22.1 Å². The van der Waals surface area contributed by atoms with E-state index in [0.717, 1.165) is 32.8 Å². The van der Waals surface area contributed by atoms with Gasteiger partial charge in [-0.3, -0.25) is 16.3 Å². The van der Waals surface area contributed by atoms with Crippen LogP contribution in [-0.2, 0) is 6.42 Å². The third kappa shape index (κ3) is 3.20. The molecule has 6 heteroatoms. The molecule has 1 atom stereocenters. The molecule has 2 rings (SSSR count). The van der Waals surface area contributed by atoms with Gasteiger partial charge in [0, 0.05) is 34.3 Å². The van der Waals surface area contributed by atoms with Gasteiger partial charge in [0.2, 0.25) is 0 Å². The van der Waals surface area contributed by atoms with Gasteiger partial charge in [-0.15, -0.1) is 11.3 Å². The number of methoxy groups -OCH3 is 1. The van der Waals surface area contributed by atoms with E-state index in [0.29, 0.717) is 0 Å². The molecule has 2 aromatic rings. The predicted octanol–water partition coefficient (Wildman–Crippen LogP) is 3.28. The molecular weight excluding hydrogens is 338 g/mol. The van der Waals surface area contributed by atoms with Gasteiger partial charge in [-0.25, -0.2) is 0 Å². The van der Waals surface area contributed by atoms with Crippen LogP contribution in [0, 0.1) is 13.8 Å². The summed E-state index contributed by atoms with van der Waals surface area (Å²) in [5.74, 6) is 6.60. The summed E-state index contributed by atoms with van der Waals surface area (Å²) in [6.07, 6.45) is 2.57. The molecule has 0 spiro atoms. The minimum atomic E-state index is 0.0462. The Morgan fingerprint density at radius 3 is 2.75 bits per heavy atom. The summed E-state index contributed by atoms with van der Waals surface area (Å²) in [4.78, 5) is 5.70. The van der Waals surface area contributed by atoms with Gasteiger partial charge < -0.3 is 4.74 Å². The molecule has 0 aliphatic carbocycles. The number of hydrogen-bond donors (Lipinski definition) is 2. The highest BCUT2D eigenvalue weighted by Crippen LogP contribution is 2.31. The van der Waals surface area contributed by atoms with E-state index in [-0.39, 0.29) is 6.04 Å². The molecule has 3 N–H and O–H groups in total. The van der Waals surface area contributed by atoms with E-state index in [1.165, 1.54) is 4.88 Å². The van der Waals surface area contributed by atoms with Crippen molar-refractivity contribution in [3.8, 4) is 5.75 Å². The van der Waals surface area contributed by atoms with Crippen molar-refractivity contribution in [2.45, 2.75) is 26.3 Å². The Morgan fingerprint density at radius 2 is 2.20 bits per heavy atom. The number of ether oxygens (including phenoxy) is 1. The van der Waals surface area contributed by atoms with Gasteiger partial charge in [-0.05, 0) is 41.9 Å². The van der Waals surface area contributed by atoms with Crippen LogP contribution in [0.1, 0.15) is 27.7 Å². The van der Waals surface area contributed by atoms with E-state index < -0.39 is 0 Å². The van der Waals surface area contributed by atoms with Crippen molar-refractivity contribution in [1.82, 2.24) is 10.4 Å². The van der Waals surface area contributed by atoms with Crippen molar-refractivity contribution in [2.75, 3.05) is 7.11 Å². The Kier molecular flexibility index (Phi) is 5.15. The number of halogens is 1. The molecule has 108 valence electrons. The lowest BCUT2D eigenvalue weighted by Gasteiger charge is -2.17. The largest absolute Gasteiger partial charge is 0.496 e. The Hall–Kier alpha value is -0.950. The highest BCUT2D eigenvalue weighted by atomic mass is 79.9. The van der Waals surface area contributed by atoms with Crippen LogP contribution in [-0.4, -0.2) is 12.1 Å². The van der Waals surface area contributed by atoms with E-state index in [4.69, 9.17) is 10.6 Å². The van der Waals surface area contributed by atoms with E-state index in [9.17, 15) is 0 Å². The van der Waals surface area contributed by atoms with Crippen LogP contribution >= 0.6 is 27.3 Å². The normalized spacial score (nSPS) is 12.4. The maximum absolute atomic E-state index is 5.69. The van der Waals surface area contributed by atoms with Crippen LogP contribution in [0.2, 0.25) is 0 Å². The Balaban J connectivity index is 2.28. The zero-order chi connectivity index (χ0) is 14.7. The highest BCUT2D eigenvalue weighted by Gasteiger charge is 2.17. The molecule has 0 saturated carbocycles. The summed E-state index contributed by atoms with van der Waals surface area (Å²) in [5, 5.41) is 0. The van der Waals surface area contributed by atoms with Gasteiger partial charge in [0.15, 0.2) is 0 Å². The van der Waals surface area contributed by atoms with Crippen LogP contribution in [0.25, 0.3) is 0 Å². The lowest BCUT2D eigenvalue weighted by Crippen LogP contribution is -2.29. The van der Waals surface area contributed by atoms with Gasteiger partial charge >= 0.3 is 0 Å². The van der Waals surface area contributed by atoms with E-state index >= 15 is 0 Å². The second-order valence-electron chi connectivity index (χ2n) is 4.61. The highest BCUT2D eigenvalue weighted by molar-refractivity contribution is 9.11. The van der Waals surface area contributed by atoms with E-state index in [1.54, 1.807) is 18.4 Å². The summed E-state index contributed by atoms with van der Waals surface area (Å²) >= 11 is 5.15. The SMILES string of the molecule is COc1c(C)cnc(CC(NN)c2ccc(Br)s2)c1C.